The van der Waals surface area contributed by atoms with Gasteiger partial charge in [0, 0.05) is 10.7 Å². The van der Waals surface area contributed by atoms with Gasteiger partial charge in [-0.3, -0.25) is 0 Å². The second-order valence-electron chi connectivity index (χ2n) is 5.46. The van der Waals surface area contributed by atoms with Crippen molar-refractivity contribution in [3.05, 3.63) is 0 Å². The average Bonchev–Trinajstić information content (AvgIpc) is 2.53. The maximum absolute atomic E-state index is 6.04. The lowest BCUT2D eigenvalue weighted by atomic mass is 9.83. The third-order valence-electron chi connectivity index (χ3n) is 3.82. The Morgan fingerprint density at radius 3 is 2.31 bits per heavy atom. The van der Waals surface area contributed by atoms with Crippen LogP contribution < -0.4 is 0 Å². The van der Waals surface area contributed by atoms with Gasteiger partial charge in [-0.1, -0.05) is 55.0 Å². The van der Waals surface area contributed by atoms with E-state index < -0.39 is 0 Å². The topological polar surface area (TPSA) is 9.23 Å². The molecule has 96 valence electrons. The van der Waals surface area contributed by atoms with Crippen LogP contribution in [0.2, 0.25) is 0 Å². The Hall–Kier alpha value is 0.440. The van der Waals surface area contributed by atoms with E-state index in [2.05, 4.69) is 29.8 Å². The van der Waals surface area contributed by atoms with Crippen molar-refractivity contribution in [2.45, 2.75) is 71.3 Å². The molecular weight excluding hydrogens is 264 g/mol. The van der Waals surface area contributed by atoms with Gasteiger partial charge >= 0.3 is 0 Å². The van der Waals surface area contributed by atoms with Gasteiger partial charge in [0.15, 0.2) is 0 Å². The molecule has 1 rings (SSSR count). The number of halogens is 1. The molecule has 0 spiro atoms. The molecule has 1 aliphatic rings. The van der Waals surface area contributed by atoms with Crippen molar-refractivity contribution in [3.8, 4) is 0 Å². The standard InChI is InChI=1S/C14H27BrO/c1-3-8-13(2)16-12-14(11-15)9-6-4-5-7-10-14/h13H,3-12H2,1-2H3. The van der Waals surface area contributed by atoms with E-state index in [4.69, 9.17) is 4.74 Å². The minimum atomic E-state index is 0.429. The second kappa shape index (κ2) is 7.71. The molecule has 1 fully saturated rings. The molecule has 0 aromatic carbocycles. The molecule has 0 N–H and O–H groups in total. The lowest BCUT2D eigenvalue weighted by Gasteiger charge is -2.31. The molecular formula is C14H27BrO. The fraction of sp³-hybridized carbons (Fsp3) is 1.00. The Labute approximate surface area is 109 Å². The third-order valence-corrected chi connectivity index (χ3v) is 5.01. The van der Waals surface area contributed by atoms with E-state index in [-0.39, 0.29) is 0 Å². The predicted molar refractivity (Wildman–Crippen MR) is 74.3 cm³/mol. The van der Waals surface area contributed by atoms with Crippen molar-refractivity contribution in [1.82, 2.24) is 0 Å². The molecule has 0 aromatic rings. The first-order valence-electron chi connectivity index (χ1n) is 6.90. The van der Waals surface area contributed by atoms with Gasteiger partial charge in [0.2, 0.25) is 0 Å². The number of hydrogen-bond acceptors (Lipinski definition) is 1. The second-order valence-corrected chi connectivity index (χ2v) is 6.02. The van der Waals surface area contributed by atoms with E-state index in [0.29, 0.717) is 11.5 Å². The monoisotopic (exact) mass is 290 g/mol. The van der Waals surface area contributed by atoms with E-state index in [1.807, 2.05) is 0 Å². The van der Waals surface area contributed by atoms with Crippen molar-refractivity contribution in [2.75, 3.05) is 11.9 Å². The first-order valence-corrected chi connectivity index (χ1v) is 8.02. The molecule has 1 atom stereocenters. The van der Waals surface area contributed by atoms with E-state index in [0.717, 1.165) is 11.9 Å². The lowest BCUT2D eigenvalue weighted by molar-refractivity contribution is -0.00198. The van der Waals surface area contributed by atoms with Crippen molar-refractivity contribution in [2.24, 2.45) is 5.41 Å². The summed E-state index contributed by atoms with van der Waals surface area (Å²) < 4.78 is 6.04. The van der Waals surface area contributed by atoms with Gasteiger partial charge in [-0.25, -0.2) is 0 Å². The molecule has 0 radical (unpaired) electrons. The quantitative estimate of drug-likeness (QED) is 0.498. The van der Waals surface area contributed by atoms with Crippen LogP contribution in [0, 0.1) is 5.41 Å². The van der Waals surface area contributed by atoms with Gasteiger partial charge in [-0.05, 0) is 26.2 Å². The van der Waals surface area contributed by atoms with Crippen LogP contribution in [-0.2, 0) is 4.74 Å². The summed E-state index contributed by atoms with van der Waals surface area (Å²) in [6.07, 6.45) is 11.1. The Morgan fingerprint density at radius 1 is 1.19 bits per heavy atom. The highest BCUT2D eigenvalue weighted by Crippen LogP contribution is 2.37. The summed E-state index contributed by atoms with van der Waals surface area (Å²) in [6, 6.07) is 0. The molecule has 0 aromatic heterocycles. The van der Waals surface area contributed by atoms with Crippen LogP contribution in [0.25, 0.3) is 0 Å². The molecule has 2 heteroatoms. The summed E-state index contributed by atoms with van der Waals surface area (Å²) in [5.41, 5.74) is 0.429. The average molecular weight is 291 g/mol. The maximum Gasteiger partial charge on any atom is 0.0547 e. The largest absolute Gasteiger partial charge is 0.378 e. The van der Waals surface area contributed by atoms with Crippen LogP contribution in [0.1, 0.15) is 65.2 Å². The minimum Gasteiger partial charge on any atom is -0.378 e. The number of hydrogen-bond donors (Lipinski definition) is 0. The Morgan fingerprint density at radius 2 is 1.81 bits per heavy atom. The molecule has 0 aliphatic heterocycles. The van der Waals surface area contributed by atoms with Crippen molar-refractivity contribution < 1.29 is 4.74 Å². The maximum atomic E-state index is 6.04. The van der Waals surface area contributed by atoms with Gasteiger partial charge < -0.3 is 4.74 Å². The van der Waals surface area contributed by atoms with Crippen LogP contribution in [0.4, 0.5) is 0 Å². The van der Waals surface area contributed by atoms with Crippen LogP contribution in [0.15, 0.2) is 0 Å². The molecule has 1 aliphatic carbocycles. The molecule has 0 saturated heterocycles. The fourth-order valence-electron chi connectivity index (χ4n) is 2.60. The zero-order valence-corrected chi connectivity index (χ0v) is 12.5. The van der Waals surface area contributed by atoms with Crippen molar-refractivity contribution >= 4 is 15.9 Å². The van der Waals surface area contributed by atoms with Crippen molar-refractivity contribution in [1.29, 1.82) is 0 Å². The Kier molecular flexibility index (Phi) is 6.98. The van der Waals surface area contributed by atoms with Crippen molar-refractivity contribution in [3.63, 3.8) is 0 Å². The SMILES string of the molecule is CCCC(C)OCC1(CBr)CCCCCC1. The minimum absolute atomic E-state index is 0.429. The van der Waals surface area contributed by atoms with Crippen LogP contribution in [0.3, 0.4) is 0 Å². The number of alkyl halides is 1. The highest BCUT2D eigenvalue weighted by Gasteiger charge is 2.30. The highest BCUT2D eigenvalue weighted by atomic mass is 79.9. The molecule has 1 nitrogen and oxygen atoms in total. The summed E-state index contributed by atoms with van der Waals surface area (Å²) in [5, 5.41) is 1.11. The summed E-state index contributed by atoms with van der Waals surface area (Å²) >= 11 is 3.71. The fourth-order valence-corrected chi connectivity index (χ4v) is 3.33. The van der Waals surface area contributed by atoms with Gasteiger partial charge in [0.25, 0.3) is 0 Å². The molecule has 0 amide bonds. The predicted octanol–water partition coefficient (Wildman–Crippen LogP) is 4.93. The summed E-state index contributed by atoms with van der Waals surface area (Å²) in [7, 11) is 0. The lowest BCUT2D eigenvalue weighted by Crippen LogP contribution is -2.30. The van der Waals surface area contributed by atoms with E-state index >= 15 is 0 Å². The summed E-state index contributed by atoms with van der Waals surface area (Å²) in [5.74, 6) is 0. The van der Waals surface area contributed by atoms with Gasteiger partial charge in [0.1, 0.15) is 0 Å². The zero-order chi connectivity index (χ0) is 11.9. The zero-order valence-electron chi connectivity index (χ0n) is 10.9. The summed E-state index contributed by atoms with van der Waals surface area (Å²) in [6.45, 7) is 5.40. The Bertz CT molecular complexity index is 174. The van der Waals surface area contributed by atoms with Gasteiger partial charge in [0.05, 0.1) is 12.7 Å². The molecule has 1 saturated carbocycles. The number of rotatable bonds is 6. The molecule has 1 unspecified atom stereocenters. The van der Waals surface area contributed by atoms with E-state index in [9.17, 15) is 0 Å². The first-order chi connectivity index (χ1) is 7.72. The van der Waals surface area contributed by atoms with E-state index in [1.165, 1.54) is 51.4 Å². The number of ether oxygens (including phenoxy) is 1. The molecule has 16 heavy (non-hydrogen) atoms. The van der Waals surface area contributed by atoms with Crippen LogP contribution in [0.5, 0.6) is 0 Å². The summed E-state index contributed by atoms with van der Waals surface area (Å²) in [4.78, 5) is 0. The molecule has 0 bridgehead atoms. The van der Waals surface area contributed by atoms with Crippen LogP contribution in [-0.4, -0.2) is 18.0 Å². The van der Waals surface area contributed by atoms with Gasteiger partial charge in [-0.15, -0.1) is 0 Å². The Balaban J connectivity index is 2.39. The van der Waals surface area contributed by atoms with Crippen LogP contribution >= 0.6 is 15.9 Å². The normalized spacial score (nSPS) is 22.7. The van der Waals surface area contributed by atoms with Gasteiger partial charge in [-0.2, -0.15) is 0 Å². The smallest absolute Gasteiger partial charge is 0.0547 e. The first kappa shape index (κ1) is 14.5. The highest BCUT2D eigenvalue weighted by molar-refractivity contribution is 9.09. The van der Waals surface area contributed by atoms with E-state index in [1.54, 1.807) is 0 Å². The third kappa shape index (κ3) is 4.75. The molecule has 0 heterocycles.